The molecule has 0 saturated carbocycles. The SMILES string of the molecule is C=C(C)c1ccc2nc(N)n[n+]([O-])c2c1. The number of hydrogen-bond donors (Lipinski definition) is 1. The number of allylic oxidation sites excluding steroid dienone is 1. The van der Waals surface area contributed by atoms with E-state index in [1.54, 1.807) is 12.1 Å². The molecular weight excluding hydrogens is 192 g/mol. The van der Waals surface area contributed by atoms with Crippen molar-refractivity contribution in [3.05, 3.63) is 35.5 Å². The van der Waals surface area contributed by atoms with Crippen LogP contribution in [0.2, 0.25) is 0 Å². The van der Waals surface area contributed by atoms with E-state index < -0.39 is 0 Å². The molecule has 2 rings (SSSR count). The molecule has 1 aromatic carbocycles. The van der Waals surface area contributed by atoms with E-state index in [0.717, 1.165) is 11.1 Å². The van der Waals surface area contributed by atoms with Crippen LogP contribution in [0.15, 0.2) is 24.8 Å². The first kappa shape index (κ1) is 9.39. The first-order chi connectivity index (χ1) is 7.08. The average molecular weight is 202 g/mol. The second-order valence-corrected chi connectivity index (χ2v) is 3.33. The van der Waals surface area contributed by atoms with Crippen LogP contribution in [-0.2, 0) is 0 Å². The van der Waals surface area contributed by atoms with Crippen LogP contribution in [0.1, 0.15) is 12.5 Å². The average Bonchev–Trinajstić information content (AvgIpc) is 2.16. The zero-order chi connectivity index (χ0) is 11.0. The molecule has 0 unspecified atom stereocenters. The number of benzene rings is 1. The summed E-state index contributed by atoms with van der Waals surface area (Å²) in [4.78, 5) is 4.43. The summed E-state index contributed by atoms with van der Waals surface area (Å²) in [5, 5.41) is 14.9. The minimum Gasteiger partial charge on any atom is -0.594 e. The molecule has 0 fully saturated rings. The van der Waals surface area contributed by atoms with E-state index in [0.29, 0.717) is 15.9 Å². The Morgan fingerprint density at radius 3 is 2.93 bits per heavy atom. The third-order valence-electron chi connectivity index (χ3n) is 2.10. The van der Waals surface area contributed by atoms with Gasteiger partial charge < -0.3 is 10.9 Å². The lowest BCUT2D eigenvalue weighted by Crippen LogP contribution is -2.33. The van der Waals surface area contributed by atoms with Gasteiger partial charge in [-0.25, -0.2) is 4.98 Å². The molecule has 5 nitrogen and oxygen atoms in total. The number of hydrogen-bond acceptors (Lipinski definition) is 4. The number of rotatable bonds is 1. The lowest BCUT2D eigenvalue weighted by molar-refractivity contribution is -0.641. The van der Waals surface area contributed by atoms with Gasteiger partial charge in [0.05, 0.1) is 5.10 Å². The Morgan fingerprint density at radius 2 is 2.27 bits per heavy atom. The molecule has 5 heteroatoms. The van der Waals surface area contributed by atoms with Gasteiger partial charge in [0, 0.05) is 6.07 Å². The van der Waals surface area contributed by atoms with Crippen LogP contribution in [-0.4, -0.2) is 10.1 Å². The number of nitrogens with two attached hydrogens (primary N) is 1. The summed E-state index contributed by atoms with van der Waals surface area (Å²) in [5.74, 6) is -0.0272. The maximum absolute atomic E-state index is 11.4. The fourth-order valence-corrected chi connectivity index (χ4v) is 1.33. The largest absolute Gasteiger partial charge is 0.594 e. The molecule has 0 aliphatic heterocycles. The number of nitrogen functional groups attached to an aromatic ring is 1. The van der Waals surface area contributed by atoms with Crippen LogP contribution in [0, 0.1) is 5.21 Å². The van der Waals surface area contributed by atoms with Crippen LogP contribution in [0.3, 0.4) is 0 Å². The van der Waals surface area contributed by atoms with E-state index in [1.165, 1.54) is 0 Å². The highest BCUT2D eigenvalue weighted by atomic mass is 16.5. The van der Waals surface area contributed by atoms with E-state index in [-0.39, 0.29) is 5.95 Å². The lowest BCUT2D eigenvalue weighted by Gasteiger charge is -2.02. The van der Waals surface area contributed by atoms with Gasteiger partial charge in [0.25, 0.3) is 11.5 Å². The van der Waals surface area contributed by atoms with Gasteiger partial charge in [-0.2, -0.15) is 0 Å². The van der Waals surface area contributed by atoms with Gasteiger partial charge in [-0.1, -0.05) is 18.2 Å². The maximum atomic E-state index is 11.4. The van der Waals surface area contributed by atoms with Crippen LogP contribution in [0.5, 0.6) is 0 Å². The molecule has 0 bridgehead atoms. The lowest BCUT2D eigenvalue weighted by atomic mass is 10.1. The van der Waals surface area contributed by atoms with Gasteiger partial charge in [0.15, 0.2) is 0 Å². The third kappa shape index (κ3) is 1.59. The molecular formula is C10H10N4O. The van der Waals surface area contributed by atoms with E-state index in [4.69, 9.17) is 5.73 Å². The molecule has 0 aliphatic rings. The summed E-state index contributed by atoms with van der Waals surface area (Å²) < 4.78 is 0. The highest BCUT2D eigenvalue weighted by molar-refractivity contribution is 5.77. The van der Waals surface area contributed by atoms with Crippen molar-refractivity contribution in [1.29, 1.82) is 0 Å². The standard InChI is InChI=1S/C10H10N4O/c1-6(2)7-3-4-8-9(5-7)14(15)13-10(11)12-8/h3-5H,1H2,2H3,(H2,11,12,13). The van der Waals surface area contributed by atoms with Crippen molar-refractivity contribution in [2.75, 3.05) is 5.73 Å². The Morgan fingerprint density at radius 1 is 1.53 bits per heavy atom. The normalized spacial score (nSPS) is 10.5. The fraction of sp³-hybridized carbons (Fsp3) is 0.100. The Kier molecular flexibility index (Phi) is 2.00. The zero-order valence-corrected chi connectivity index (χ0v) is 8.27. The van der Waals surface area contributed by atoms with Crippen molar-refractivity contribution in [2.24, 2.45) is 0 Å². The monoisotopic (exact) mass is 202 g/mol. The highest BCUT2D eigenvalue weighted by Gasteiger charge is 2.09. The molecule has 15 heavy (non-hydrogen) atoms. The van der Waals surface area contributed by atoms with Crippen molar-refractivity contribution in [1.82, 2.24) is 10.1 Å². The smallest absolute Gasteiger partial charge is 0.288 e. The fourth-order valence-electron chi connectivity index (χ4n) is 1.33. The van der Waals surface area contributed by atoms with Crippen molar-refractivity contribution in [3.63, 3.8) is 0 Å². The second kappa shape index (κ2) is 3.20. The van der Waals surface area contributed by atoms with Crippen LogP contribution < -0.4 is 10.6 Å². The predicted octanol–water partition coefficient (Wildman–Crippen LogP) is 0.879. The van der Waals surface area contributed by atoms with Crippen LogP contribution >= 0.6 is 0 Å². The molecule has 0 atom stereocenters. The maximum Gasteiger partial charge on any atom is 0.288 e. The van der Waals surface area contributed by atoms with Gasteiger partial charge in [-0.15, -0.1) is 0 Å². The van der Waals surface area contributed by atoms with Crippen molar-refractivity contribution < 1.29 is 4.85 Å². The second-order valence-electron chi connectivity index (χ2n) is 3.33. The summed E-state index contributed by atoms with van der Waals surface area (Å²) >= 11 is 0. The molecule has 2 aromatic rings. The number of nitrogens with zero attached hydrogens (tertiary/aromatic N) is 3. The molecule has 0 spiro atoms. The molecule has 1 aromatic heterocycles. The summed E-state index contributed by atoms with van der Waals surface area (Å²) in [6, 6.07) is 5.27. The topological polar surface area (TPSA) is 78.7 Å². The van der Waals surface area contributed by atoms with Gasteiger partial charge in [0.1, 0.15) is 5.52 Å². The summed E-state index contributed by atoms with van der Waals surface area (Å²) in [6.45, 7) is 5.67. The van der Waals surface area contributed by atoms with Gasteiger partial charge in [0.2, 0.25) is 0 Å². The Labute approximate surface area is 86.4 Å². The third-order valence-corrected chi connectivity index (χ3v) is 2.10. The van der Waals surface area contributed by atoms with Gasteiger partial charge in [-0.05, 0) is 23.4 Å². The van der Waals surface area contributed by atoms with Gasteiger partial charge >= 0.3 is 0 Å². The minimum atomic E-state index is -0.0272. The molecule has 76 valence electrons. The van der Waals surface area contributed by atoms with E-state index in [9.17, 15) is 5.21 Å². The van der Waals surface area contributed by atoms with Crippen molar-refractivity contribution in [3.8, 4) is 0 Å². The predicted molar refractivity (Wildman–Crippen MR) is 57.6 cm³/mol. The van der Waals surface area contributed by atoms with Crippen LogP contribution in [0.4, 0.5) is 5.95 Å². The Bertz CT molecular complexity index is 550. The van der Waals surface area contributed by atoms with E-state index in [2.05, 4.69) is 16.7 Å². The highest BCUT2D eigenvalue weighted by Crippen LogP contribution is 2.16. The first-order valence-electron chi connectivity index (χ1n) is 4.41. The van der Waals surface area contributed by atoms with Crippen LogP contribution in [0.25, 0.3) is 16.6 Å². The summed E-state index contributed by atoms with van der Waals surface area (Å²) in [5.41, 5.74) is 8.06. The molecule has 0 aliphatic carbocycles. The Hall–Kier alpha value is -2.17. The molecule has 0 amide bonds. The Balaban J connectivity index is 2.76. The zero-order valence-electron chi connectivity index (χ0n) is 8.27. The van der Waals surface area contributed by atoms with Gasteiger partial charge in [-0.3, -0.25) is 0 Å². The quantitative estimate of drug-likeness (QED) is 0.550. The van der Waals surface area contributed by atoms with E-state index in [1.807, 2.05) is 13.0 Å². The number of aromatic nitrogens is 3. The molecule has 0 saturated heterocycles. The number of fused-ring (bicyclic) bond motifs is 1. The van der Waals surface area contributed by atoms with Crippen molar-refractivity contribution >= 4 is 22.6 Å². The summed E-state index contributed by atoms with van der Waals surface area (Å²) in [7, 11) is 0. The number of anilines is 1. The first-order valence-corrected chi connectivity index (χ1v) is 4.41. The molecule has 0 radical (unpaired) electrons. The minimum absolute atomic E-state index is 0.0272. The molecule has 2 N–H and O–H groups in total. The summed E-state index contributed by atoms with van der Waals surface area (Å²) in [6.07, 6.45) is 0. The van der Waals surface area contributed by atoms with Crippen molar-refractivity contribution in [2.45, 2.75) is 6.92 Å². The molecule has 1 heterocycles. The van der Waals surface area contributed by atoms with E-state index >= 15 is 0 Å².